The van der Waals surface area contributed by atoms with Gasteiger partial charge in [-0.1, -0.05) is 13.3 Å². The molecule has 0 aliphatic carbocycles. The number of carbonyl (C=O) groups is 2. The number of aryl methyl sites for hydroxylation is 1. The van der Waals surface area contributed by atoms with Crippen LogP contribution in [-0.2, 0) is 9.63 Å². The Labute approximate surface area is 103 Å². The number of aromatic carboxylic acids is 1. The Kier molecular flexibility index (Phi) is 5.05. The van der Waals surface area contributed by atoms with Crippen molar-refractivity contribution in [3.8, 4) is 0 Å². The molecule has 0 spiro atoms. The Morgan fingerprint density at radius 2 is 2.35 bits per heavy atom. The molecular weight excluding hydrogens is 244 g/mol. The highest BCUT2D eigenvalue weighted by Gasteiger charge is 2.22. The van der Waals surface area contributed by atoms with E-state index in [1.54, 1.807) is 6.92 Å². The summed E-state index contributed by atoms with van der Waals surface area (Å²) in [7, 11) is 0. The molecule has 1 aromatic rings. The third-order valence-electron chi connectivity index (χ3n) is 2.07. The van der Waals surface area contributed by atoms with Gasteiger partial charge >= 0.3 is 5.97 Å². The first-order valence-electron chi connectivity index (χ1n) is 5.18. The van der Waals surface area contributed by atoms with Crippen LogP contribution in [0, 0.1) is 6.92 Å². The maximum atomic E-state index is 11.0. The molecule has 0 radical (unpaired) electrons. The second-order valence-corrected chi connectivity index (χ2v) is 4.14. The summed E-state index contributed by atoms with van der Waals surface area (Å²) in [5.41, 5.74) is 0.685. The van der Waals surface area contributed by atoms with E-state index >= 15 is 0 Å². The molecule has 0 atom stereocenters. The molecule has 0 fully saturated rings. The van der Waals surface area contributed by atoms with E-state index in [-0.39, 0.29) is 10.6 Å². The number of anilines is 1. The van der Waals surface area contributed by atoms with Gasteiger partial charge in [-0.15, -0.1) is 0 Å². The molecule has 1 aromatic heterocycles. The average molecular weight is 258 g/mol. The second-order valence-electron chi connectivity index (χ2n) is 3.37. The van der Waals surface area contributed by atoms with Gasteiger partial charge in [0.15, 0.2) is 4.88 Å². The van der Waals surface area contributed by atoms with Crippen molar-refractivity contribution in [2.45, 2.75) is 26.7 Å². The summed E-state index contributed by atoms with van der Waals surface area (Å²) in [4.78, 5) is 27.1. The second kappa shape index (κ2) is 6.31. The predicted octanol–water partition coefficient (Wildman–Crippen LogP) is 1.84. The standard InChI is InChI=1S/C10H14N2O4S/c1-3-4-5-16-12(6-13)8-7(2)11-17-9(8)10(14)15/h6H,3-5H2,1-2H3,(H,14,15). The van der Waals surface area contributed by atoms with Crippen LogP contribution in [0.25, 0.3) is 0 Å². The molecule has 1 N–H and O–H groups in total. The molecule has 0 unspecified atom stereocenters. The van der Waals surface area contributed by atoms with E-state index in [0.717, 1.165) is 29.4 Å². The highest BCUT2D eigenvalue weighted by atomic mass is 32.1. The average Bonchev–Trinajstić information content (AvgIpc) is 2.67. The van der Waals surface area contributed by atoms with E-state index in [4.69, 9.17) is 9.94 Å². The van der Waals surface area contributed by atoms with Crippen LogP contribution in [0.3, 0.4) is 0 Å². The van der Waals surface area contributed by atoms with Crippen molar-refractivity contribution in [1.82, 2.24) is 4.37 Å². The quantitative estimate of drug-likeness (QED) is 0.458. The maximum Gasteiger partial charge on any atom is 0.349 e. The van der Waals surface area contributed by atoms with Crippen molar-refractivity contribution >= 4 is 29.6 Å². The zero-order valence-corrected chi connectivity index (χ0v) is 10.5. The largest absolute Gasteiger partial charge is 0.477 e. The minimum absolute atomic E-state index is 0.00565. The van der Waals surface area contributed by atoms with E-state index in [9.17, 15) is 9.59 Å². The summed E-state index contributed by atoms with van der Waals surface area (Å²) >= 11 is 0.837. The lowest BCUT2D eigenvalue weighted by molar-refractivity contribution is -0.114. The van der Waals surface area contributed by atoms with Gasteiger partial charge in [0.2, 0.25) is 6.41 Å². The van der Waals surface area contributed by atoms with Crippen LogP contribution in [-0.4, -0.2) is 28.5 Å². The summed E-state index contributed by atoms with van der Waals surface area (Å²) in [6.07, 6.45) is 2.18. The first kappa shape index (κ1) is 13.6. The molecule has 17 heavy (non-hydrogen) atoms. The van der Waals surface area contributed by atoms with Crippen LogP contribution in [0.4, 0.5) is 5.69 Å². The zero-order valence-electron chi connectivity index (χ0n) is 9.67. The van der Waals surface area contributed by atoms with E-state index in [1.807, 2.05) is 6.92 Å². The molecule has 0 saturated heterocycles. The van der Waals surface area contributed by atoms with Gasteiger partial charge in [0, 0.05) is 0 Å². The SMILES string of the molecule is CCCCON(C=O)c1c(C)nsc1C(=O)O. The molecule has 1 heterocycles. The third kappa shape index (κ3) is 3.24. The molecule has 0 saturated carbocycles. The Morgan fingerprint density at radius 1 is 1.65 bits per heavy atom. The highest BCUT2D eigenvalue weighted by Crippen LogP contribution is 2.27. The van der Waals surface area contributed by atoms with Crippen LogP contribution in [0.2, 0.25) is 0 Å². The number of carboxylic acid groups (broad SMARTS) is 1. The number of unbranched alkanes of at least 4 members (excludes halogenated alkanes) is 1. The molecule has 1 amide bonds. The Hall–Kier alpha value is -1.47. The Bertz CT molecular complexity index is 405. The van der Waals surface area contributed by atoms with Crippen LogP contribution in [0.5, 0.6) is 0 Å². The lowest BCUT2D eigenvalue weighted by atomic mass is 10.3. The van der Waals surface area contributed by atoms with Crippen LogP contribution in [0.1, 0.15) is 35.1 Å². The number of rotatable bonds is 7. The summed E-state index contributed by atoms with van der Waals surface area (Å²) < 4.78 is 3.92. The van der Waals surface area contributed by atoms with E-state index in [2.05, 4.69) is 4.37 Å². The molecule has 6 nitrogen and oxygen atoms in total. The number of hydroxylamine groups is 1. The summed E-state index contributed by atoms with van der Waals surface area (Å²) in [5.74, 6) is -1.11. The summed E-state index contributed by atoms with van der Waals surface area (Å²) in [5, 5.41) is 9.91. The van der Waals surface area contributed by atoms with Gasteiger partial charge < -0.3 is 5.11 Å². The number of nitrogens with zero attached hydrogens (tertiary/aromatic N) is 2. The van der Waals surface area contributed by atoms with E-state index < -0.39 is 5.97 Å². The van der Waals surface area contributed by atoms with E-state index in [1.165, 1.54) is 0 Å². The van der Waals surface area contributed by atoms with Crippen molar-refractivity contribution in [3.05, 3.63) is 10.6 Å². The molecular formula is C10H14N2O4S. The van der Waals surface area contributed by atoms with E-state index in [0.29, 0.717) is 18.7 Å². The van der Waals surface area contributed by atoms with Crippen molar-refractivity contribution in [3.63, 3.8) is 0 Å². The molecule has 94 valence electrons. The number of hydrogen-bond acceptors (Lipinski definition) is 5. The molecule has 1 rings (SSSR count). The number of aromatic nitrogens is 1. The Balaban J connectivity index is 2.90. The number of hydrogen-bond donors (Lipinski definition) is 1. The van der Waals surface area contributed by atoms with Gasteiger partial charge in [0.05, 0.1) is 12.3 Å². The lowest BCUT2D eigenvalue weighted by Crippen LogP contribution is -2.24. The van der Waals surface area contributed by atoms with Gasteiger partial charge in [0.1, 0.15) is 5.69 Å². The van der Waals surface area contributed by atoms with Crippen LogP contribution < -0.4 is 5.06 Å². The molecule has 0 aromatic carbocycles. The maximum absolute atomic E-state index is 11.0. The fraction of sp³-hybridized carbons (Fsp3) is 0.500. The number of amides is 1. The fourth-order valence-corrected chi connectivity index (χ4v) is 1.94. The minimum atomic E-state index is -1.11. The normalized spacial score (nSPS) is 10.2. The van der Waals surface area contributed by atoms with Crippen LogP contribution in [0.15, 0.2) is 0 Å². The molecule has 0 aliphatic heterocycles. The lowest BCUT2D eigenvalue weighted by Gasteiger charge is -2.16. The zero-order chi connectivity index (χ0) is 12.8. The van der Waals surface area contributed by atoms with Crippen LogP contribution >= 0.6 is 11.5 Å². The van der Waals surface area contributed by atoms with Crippen molar-refractivity contribution in [2.75, 3.05) is 11.7 Å². The summed E-state index contributed by atoms with van der Waals surface area (Å²) in [6.45, 7) is 4.00. The van der Waals surface area contributed by atoms with Gasteiger partial charge in [-0.25, -0.2) is 4.79 Å². The molecule has 7 heteroatoms. The highest BCUT2D eigenvalue weighted by molar-refractivity contribution is 7.08. The Morgan fingerprint density at radius 3 is 2.88 bits per heavy atom. The number of carbonyl (C=O) groups excluding carboxylic acids is 1. The molecule has 0 aliphatic rings. The minimum Gasteiger partial charge on any atom is -0.477 e. The molecule has 0 bridgehead atoms. The van der Waals surface area contributed by atoms with Crippen molar-refractivity contribution in [1.29, 1.82) is 0 Å². The summed E-state index contributed by atoms with van der Waals surface area (Å²) in [6, 6.07) is 0. The topological polar surface area (TPSA) is 79.7 Å². The van der Waals surface area contributed by atoms with Gasteiger partial charge in [0.25, 0.3) is 0 Å². The van der Waals surface area contributed by atoms with Gasteiger partial charge in [-0.05, 0) is 24.9 Å². The van der Waals surface area contributed by atoms with Gasteiger partial charge in [-0.3, -0.25) is 9.63 Å². The third-order valence-corrected chi connectivity index (χ3v) is 2.99. The first-order valence-corrected chi connectivity index (χ1v) is 5.96. The fourth-order valence-electron chi connectivity index (χ4n) is 1.22. The smallest absolute Gasteiger partial charge is 0.349 e. The monoisotopic (exact) mass is 258 g/mol. The van der Waals surface area contributed by atoms with Gasteiger partial charge in [-0.2, -0.15) is 9.44 Å². The predicted molar refractivity (Wildman–Crippen MR) is 63.2 cm³/mol. The van der Waals surface area contributed by atoms with Crippen molar-refractivity contribution < 1.29 is 19.5 Å². The first-order chi connectivity index (χ1) is 8.11. The number of carboxylic acids is 1. The van der Waals surface area contributed by atoms with Crippen molar-refractivity contribution in [2.24, 2.45) is 0 Å².